The van der Waals surface area contributed by atoms with Crippen LogP contribution in [0.2, 0.25) is 0 Å². The molecule has 7 nitrogen and oxygen atoms in total. The van der Waals surface area contributed by atoms with Crippen LogP contribution in [0.25, 0.3) is 0 Å². The Hall–Kier alpha value is -3.01. The van der Waals surface area contributed by atoms with Gasteiger partial charge in [0.2, 0.25) is 0 Å². The van der Waals surface area contributed by atoms with Gasteiger partial charge in [-0.3, -0.25) is 0 Å². The first kappa shape index (κ1) is 17.4. The molecule has 3 aromatic rings. The number of anilines is 3. The molecular formula is C18H16N6OS2. The number of fused-ring (bicyclic) bond motifs is 1. The molecule has 1 aliphatic rings. The second-order valence-electron chi connectivity index (χ2n) is 5.96. The lowest BCUT2D eigenvalue weighted by Gasteiger charge is -2.39. The van der Waals surface area contributed by atoms with E-state index in [9.17, 15) is 5.11 Å². The molecule has 4 rings (SSSR count). The van der Waals surface area contributed by atoms with Crippen molar-refractivity contribution in [2.75, 3.05) is 15.6 Å². The second-order valence-corrected chi connectivity index (χ2v) is 6.73. The minimum atomic E-state index is -0.331. The number of H-pyrrole nitrogens is 1. The fourth-order valence-corrected chi connectivity index (χ4v) is 3.73. The van der Waals surface area contributed by atoms with Crippen LogP contribution in [-0.2, 0) is 0 Å². The Kier molecular flexibility index (Phi) is 4.48. The zero-order chi connectivity index (χ0) is 19.0. The minimum absolute atomic E-state index is 0.149. The number of nitrogens with zero attached hydrogens (tertiary/aromatic N) is 2. The molecule has 1 aliphatic heterocycles. The number of hydrogen-bond donors (Lipinski definition) is 5. The van der Waals surface area contributed by atoms with Gasteiger partial charge in [0.1, 0.15) is 17.4 Å². The Labute approximate surface area is 165 Å². The molecule has 1 aromatic heterocycles. The van der Waals surface area contributed by atoms with Crippen molar-refractivity contribution in [1.82, 2.24) is 9.97 Å². The molecule has 0 bridgehead atoms. The maximum Gasteiger partial charge on any atom is 0.200 e. The number of benzene rings is 2. The van der Waals surface area contributed by atoms with Crippen LogP contribution in [0, 0.1) is 4.77 Å². The van der Waals surface area contributed by atoms with Crippen LogP contribution in [-0.4, -0.2) is 20.2 Å². The maximum atomic E-state index is 9.96. The molecule has 0 aliphatic carbocycles. The molecule has 6 N–H and O–H groups in total. The third-order valence-electron chi connectivity index (χ3n) is 4.31. The van der Waals surface area contributed by atoms with Gasteiger partial charge in [-0.15, -0.1) is 0 Å². The molecule has 0 amide bonds. The highest BCUT2D eigenvalue weighted by Crippen LogP contribution is 2.42. The van der Waals surface area contributed by atoms with Crippen LogP contribution < -0.4 is 21.5 Å². The van der Waals surface area contributed by atoms with E-state index in [4.69, 9.17) is 30.3 Å². The Balaban J connectivity index is 2.00. The molecule has 2 heterocycles. The quantitative estimate of drug-likeness (QED) is 0.261. The molecule has 1 unspecified atom stereocenters. The first-order valence-corrected chi connectivity index (χ1v) is 8.95. The SMILES string of the molecule is NNc1[nH]c(=S)nc2c1C(c1ccccc1)N(c1cccc(O)c1)C(=S)N2. The normalized spacial score (nSPS) is 15.8. The van der Waals surface area contributed by atoms with Crippen molar-refractivity contribution in [3.05, 3.63) is 70.5 Å². The van der Waals surface area contributed by atoms with Gasteiger partial charge in [0, 0.05) is 11.8 Å². The Morgan fingerprint density at radius 3 is 2.59 bits per heavy atom. The number of aromatic amines is 1. The summed E-state index contributed by atoms with van der Waals surface area (Å²) in [7, 11) is 0. The van der Waals surface area contributed by atoms with Gasteiger partial charge in [-0.2, -0.15) is 0 Å². The van der Waals surface area contributed by atoms with Gasteiger partial charge in [-0.25, -0.2) is 10.8 Å². The molecule has 136 valence electrons. The first-order chi connectivity index (χ1) is 13.1. The average molecular weight is 397 g/mol. The molecular weight excluding hydrogens is 380 g/mol. The lowest BCUT2D eigenvalue weighted by atomic mass is 9.95. The number of nitrogens with one attached hydrogen (secondary N) is 3. The summed E-state index contributed by atoms with van der Waals surface area (Å²) in [6.07, 6.45) is 0. The van der Waals surface area contributed by atoms with Crippen LogP contribution in [0.15, 0.2) is 54.6 Å². The van der Waals surface area contributed by atoms with Crippen LogP contribution in [0.5, 0.6) is 5.75 Å². The van der Waals surface area contributed by atoms with E-state index in [1.807, 2.05) is 41.3 Å². The summed E-state index contributed by atoms with van der Waals surface area (Å²) in [6, 6.07) is 16.4. The third-order valence-corrected chi connectivity index (χ3v) is 4.81. The number of hydrazine groups is 1. The van der Waals surface area contributed by atoms with Gasteiger partial charge in [-0.05, 0) is 42.1 Å². The molecule has 0 saturated carbocycles. The van der Waals surface area contributed by atoms with Gasteiger partial charge >= 0.3 is 0 Å². The van der Waals surface area contributed by atoms with E-state index >= 15 is 0 Å². The highest BCUT2D eigenvalue weighted by atomic mass is 32.1. The largest absolute Gasteiger partial charge is 0.508 e. The maximum absolute atomic E-state index is 9.96. The fraction of sp³-hybridized carbons (Fsp3) is 0.0556. The zero-order valence-electron chi connectivity index (χ0n) is 14.0. The minimum Gasteiger partial charge on any atom is -0.508 e. The predicted octanol–water partition coefficient (Wildman–Crippen LogP) is 3.44. The standard InChI is InChI=1S/C18H16N6OS2/c19-23-16-13-14(10-5-2-1-3-6-10)24(11-7-4-8-12(25)9-11)18(27)22-15(13)20-17(26)21-16/h1-9,14,25H,19H2,(H3,20,21,22,23,26,27). The average Bonchev–Trinajstić information content (AvgIpc) is 2.66. The van der Waals surface area contributed by atoms with Crippen LogP contribution in [0.3, 0.4) is 0 Å². The summed E-state index contributed by atoms with van der Waals surface area (Å²) < 4.78 is 0.287. The van der Waals surface area contributed by atoms with Gasteiger partial charge in [0.05, 0.1) is 11.6 Å². The smallest absolute Gasteiger partial charge is 0.200 e. The van der Waals surface area contributed by atoms with E-state index in [0.717, 1.165) is 16.8 Å². The van der Waals surface area contributed by atoms with Crippen LogP contribution in [0.4, 0.5) is 17.3 Å². The number of nitrogens with two attached hydrogens (primary N) is 1. The van der Waals surface area contributed by atoms with E-state index < -0.39 is 0 Å². The second kappa shape index (κ2) is 6.95. The highest BCUT2D eigenvalue weighted by Gasteiger charge is 2.36. The summed E-state index contributed by atoms with van der Waals surface area (Å²) in [5, 5.41) is 13.5. The number of rotatable bonds is 3. The van der Waals surface area contributed by atoms with Crippen molar-refractivity contribution in [2.45, 2.75) is 6.04 Å². The summed E-state index contributed by atoms with van der Waals surface area (Å²) in [5.74, 6) is 6.98. The van der Waals surface area contributed by atoms with Crippen molar-refractivity contribution < 1.29 is 5.11 Å². The molecule has 1 atom stereocenters. The monoisotopic (exact) mass is 396 g/mol. The molecule has 2 aromatic carbocycles. The van der Waals surface area contributed by atoms with Gasteiger partial charge in [-0.1, -0.05) is 36.4 Å². The Morgan fingerprint density at radius 1 is 1.11 bits per heavy atom. The van der Waals surface area contributed by atoms with E-state index in [2.05, 4.69) is 20.7 Å². The molecule has 0 radical (unpaired) electrons. The number of hydrogen-bond acceptors (Lipinski definition) is 6. The number of nitrogen functional groups attached to an aromatic ring is 1. The number of aromatic nitrogens is 2. The molecule has 9 heteroatoms. The van der Waals surface area contributed by atoms with Crippen LogP contribution in [0.1, 0.15) is 17.2 Å². The topological polar surface area (TPSA) is 102 Å². The van der Waals surface area contributed by atoms with E-state index in [-0.39, 0.29) is 16.6 Å². The lowest BCUT2D eigenvalue weighted by molar-refractivity contribution is 0.475. The Bertz CT molecular complexity index is 1070. The van der Waals surface area contributed by atoms with Crippen molar-refractivity contribution in [3.63, 3.8) is 0 Å². The molecule has 0 fully saturated rings. The number of phenolic OH excluding ortho intramolecular Hbond substituents is 1. The van der Waals surface area contributed by atoms with Gasteiger partial charge in [0.25, 0.3) is 0 Å². The molecule has 27 heavy (non-hydrogen) atoms. The van der Waals surface area contributed by atoms with Crippen molar-refractivity contribution >= 4 is 46.9 Å². The first-order valence-electron chi connectivity index (χ1n) is 8.13. The van der Waals surface area contributed by atoms with Crippen molar-refractivity contribution in [3.8, 4) is 5.75 Å². The highest BCUT2D eigenvalue weighted by molar-refractivity contribution is 7.80. The van der Waals surface area contributed by atoms with E-state index in [1.165, 1.54) is 0 Å². The number of phenols is 1. The van der Waals surface area contributed by atoms with E-state index in [1.54, 1.807) is 18.2 Å². The molecule has 0 spiro atoms. The van der Waals surface area contributed by atoms with Crippen molar-refractivity contribution in [1.29, 1.82) is 0 Å². The third kappa shape index (κ3) is 3.12. The molecule has 0 saturated heterocycles. The summed E-state index contributed by atoms with van der Waals surface area (Å²) >= 11 is 10.8. The Morgan fingerprint density at radius 2 is 1.89 bits per heavy atom. The van der Waals surface area contributed by atoms with E-state index in [0.29, 0.717) is 16.7 Å². The number of thiocarbonyl (C=S) groups is 1. The lowest BCUT2D eigenvalue weighted by Crippen LogP contribution is -2.44. The van der Waals surface area contributed by atoms with Crippen LogP contribution >= 0.6 is 24.4 Å². The van der Waals surface area contributed by atoms with Crippen molar-refractivity contribution in [2.24, 2.45) is 5.84 Å². The summed E-state index contributed by atoms with van der Waals surface area (Å²) in [6.45, 7) is 0. The fourth-order valence-electron chi connectivity index (χ4n) is 3.23. The summed E-state index contributed by atoms with van der Waals surface area (Å²) in [5.41, 5.74) is 5.16. The van der Waals surface area contributed by atoms with Gasteiger partial charge < -0.3 is 25.7 Å². The zero-order valence-corrected chi connectivity index (χ0v) is 15.6. The number of aromatic hydroxyl groups is 1. The predicted molar refractivity (Wildman–Crippen MR) is 112 cm³/mol. The summed E-state index contributed by atoms with van der Waals surface area (Å²) in [4.78, 5) is 9.28. The van der Waals surface area contributed by atoms with Gasteiger partial charge in [0.15, 0.2) is 9.88 Å².